The molecule has 0 aliphatic heterocycles. The molecule has 2 aromatic carbocycles. The normalized spacial score (nSPS) is 10.8. The van der Waals surface area contributed by atoms with E-state index in [1.807, 2.05) is 72.0 Å². The van der Waals surface area contributed by atoms with Crippen molar-refractivity contribution in [3.8, 4) is 0 Å². The van der Waals surface area contributed by atoms with E-state index < -0.39 is 0 Å². The number of aryl methyl sites for hydroxylation is 1. The number of hydrogen-bond donors (Lipinski definition) is 0. The Labute approximate surface area is 130 Å². The molecule has 0 saturated carbocycles. The van der Waals surface area contributed by atoms with E-state index in [0.717, 1.165) is 22.3 Å². The van der Waals surface area contributed by atoms with Crippen molar-refractivity contribution in [3.05, 3.63) is 60.4 Å². The van der Waals surface area contributed by atoms with E-state index in [9.17, 15) is 4.79 Å². The van der Waals surface area contributed by atoms with Gasteiger partial charge in [-0.15, -0.1) is 0 Å². The van der Waals surface area contributed by atoms with Crippen LogP contribution in [0, 0.1) is 0 Å². The standard InChI is InChI=1S/C18H19N3O/c1-3-21(15-7-5-4-6-8-15)18(22)12-14-9-10-17-16(11-14)19-13-20(17)2/h4-11,13H,3,12H2,1-2H3. The monoisotopic (exact) mass is 293 g/mol. The summed E-state index contributed by atoms with van der Waals surface area (Å²) in [5.74, 6) is 0.101. The van der Waals surface area contributed by atoms with Crippen molar-refractivity contribution in [1.29, 1.82) is 0 Å². The Kier molecular flexibility index (Phi) is 3.92. The highest BCUT2D eigenvalue weighted by atomic mass is 16.2. The number of carbonyl (C=O) groups is 1. The molecule has 0 saturated heterocycles. The molecule has 0 bridgehead atoms. The SMILES string of the molecule is CCN(C(=O)Cc1ccc2c(c1)ncn2C)c1ccccc1. The van der Waals surface area contributed by atoms with Crippen LogP contribution >= 0.6 is 0 Å². The summed E-state index contributed by atoms with van der Waals surface area (Å²) in [7, 11) is 1.97. The highest BCUT2D eigenvalue weighted by Crippen LogP contribution is 2.17. The summed E-state index contributed by atoms with van der Waals surface area (Å²) in [6, 6.07) is 15.8. The molecule has 0 radical (unpaired) electrons. The van der Waals surface area contributed by atoms with Crippen LogP contribution < -0.4 is 4.90 Å². The lowest BCUT2D eigenvalue weighted by Crippen LogP contribution is -2.31. The van der Waals surface area contributed by atoms with Crippen molar-refractivity contribution in [1.82, 2.24) is 9.55 Å². The Morgan fingerprint density at radius 3 is 2.68 bits per heavy atom. The Morgan fingerprint density at radius 2 is 1.95 bits per heavy atom. The van der Waals surface area contributed by atoms with Crippen LogP contribution in [-0.2, 0) is 18.3 Å². The Hall–Kier alpha value is -2.62. The predicted molar refractivity (Wildman–Crippen MR) is 88.9 cm³/mol. The third-order valence-electron chi connectivity index (χ3n) is 3.83. The van der Waals surface area contributed by atoms with Gasteiger partial charge in [0.05, 0.1) is 23.8 Å². The molecule has 0 atom stereocenters. The Morgan fingerprint density at radius 1 is 1.18 bits per heavy atom. The second-order valence-electron chi connectivity index (χ2n) is 5.33. The molecule has 3 aromatic rings. The summed E-state index contributed by atoms with van der Waals surface area (Å²) >= 11 is 0. The van der Waals surface area contributed by atoms with Crippen LogP contribution in [0.3, 0.4) is 0 Å². The van der Waals surface area contributed by atoms with Gasteiger partial charge >= 0.3 is 0 Å². The first-order valence-corrected chi connectivity index (χ1v) is 7.44. The van der Waals surface area contributed by atoms with Crippen molar-refractivity contribution in [2.24, 2.45) is 7.05 Å². The van der Waals surface area contributed by atoms with E-state index in [-0.39, 0.29) is 5.91 Å². The van der Waals surface area contributed by atoms with E-state index in [2.05, 4.69) is 4.98 Å². The van der Waals surface area contributed by atoms with Crippen molar-refractivity contribution in [2.45, 2.75) is 13.3 Å². The average Bonchev–Trinajstić information content (AvgIpc) is 2.90. The summed E-state index contributed by atoms with van der Waals surface area (Å²) < 4.78 is 1.98. The van der Waals surface area contributed by atoms with Gasteiger partial charge in [-0.25, -0.2) is 4.98 Å². The van der Waals surface area contributed by atoms with Gasteiger partial charge in [-0.3, -0.25) is 4.79 Å². The average molecular weight is 293 g/mol. The summed E-state index contributed by atoms with van der Waals surface area (Å²) in [6.07, 6.45) is 2.17. The summed E-state index contributed by atoms with van der Waals surface area (Å²) in [5, 5.41) is 0. The zero-order chi connectivity index (χ0) is 15.5. The van der Waals surface area contributed by atoms with Crippen LogP contribution in [0.5, 0.6) is 0 Å². The fourth-order valence-electron chi connectivity index (χ4n) is 2.67. The second-order valence-corrected chi connectivity index (χ2v) is 5.33. The minimum Gasteiger partial charge on any atom is -0.334 e. The van der Waals surface area contributed by atoms with Crippen molar-refractivity contribution in [2.75, 3.05) is 11.4 Å². The molecule has 0 aliphatic carbocycles. The third-order valence-corrected chi connectivity index (χ3v) is 3.83. The van der Waals surface area contributed by atoms with Crippen LogP contribution in [0.15, 0.2) is 54.9 Å². The highest BCUT2D eigenvalue weighted by Gasteiger charge is 2.14. The maximum absolute atomic E-state index is 12.6. The molecule has 0 spiro atoms. The molecule has 112 valence electrons. The molecule has 3 rings (SSSR count). The minimum absolute atomic E-state index is 0.101. The molecular weight excluding hydrogens is 274 g/mol. The maximum atomic E-state index is 12.6. The lowest BCUT2D eigenvalue weighted by molar-refractivity contribution is -0.117. The maximum Gasteiger partial charge on any atom is 0.231 e. The number of imidazole rings is 1. The molecule has 0 N–H and O–H groups in total. The highest BCUT2D eigenvalue weighted by molar-refractivity contribution is 5.95. The molecule has 1 amide bonds. The van der Waals surface area contributed by atoms with Crippen LogP contribution in [0.2, 0.25) is 0 Å². The zero-order valence-corrected chi connectivity index (χ0v) is 12.9. The number of carbonyl (C=O) groups excluding carboxylic acids is 1. The van der Waals surface area contributed by atoms with E-state index in [1.165, 1.54) is 0 Å². The van der Waals surface area contributed by atoms with Crippen LogP contribution in [0.25, 0.3) is 11.0 Å². The van der Waals surface area contributed by atoms with Gasteiger partial charge in [0.1, 0.15) is 0 Å². The summed E-state index contributed by atoms with van der Waals surface area (Å²) in [6.45, 7) is 2.65. The Bertz CT molecular complexity index is 792. The number of para-hydroxylation sites is 1. The van der Waals surface area contributed by atoms with Gasteiger partial charge in [0.25, 0.3) is 0 Å². The molecule has 0 aliphatic rings. The lowest BCUT2D eigenvalue weighted by atomic mass is 10.1. The fourth-order valence-corrected chi connectivity index (χ4v) is 2.67. The van der Waals surface area contributed by atoms with Gasteiger partial charge in [-0.05, 0) is 36.8 Å². The van der Waals surface area contributed by atoms with Crippen LogP contribution in [0.4, 0.5) is 5.69 Å². The van der Waals surface area contributed by atoms with E-state index >= 15 is 0 Å². The topological polar surface area (TPSA) is 38.1 Å². The van der Waals surface area contributed by atoms with E-state index in [1.54, 1.807) is 6.33 Å². The lowest BCUT2D eigenvalue weighted by Gasteiger charge is -2.21. The number of anilines is 1. The predicted octanol–water partition coefficient (Wildman–Crippen LogP) is 3.17. The van der Waals surface area contributed by atoms with Gasteiger partial charge in [0.2, 0.25) is 5.91 Å². The molecule has 4 nitrogen and oxygen atoms in total. The number of likely N-dealkylation sites (N-methyl/N-ethyl adjacent to an activating group) is 1. The summed E-state index contributed by atoms with van der Waals surface area (Å²) in [5.41, 5.74) is 3.93. The number of benzene rings is 2. The quantitative estimate of drug-likeness (QED) is 0.741. The van der Waals surface area contributed by atoms with Gasteiger partial charge in [0, 0.05) is 19.3 Å². The molecule has 1 aromatic heterocycles. The number of aromatic nitrogens is 2. The molecule has 0 unspecified atom stereocenters. The first kappa shape index (κ1) is 14.3. The van der Waals surface area contributed by atoms with Gasteiger partial charge < -0.3 is 9.47 Å². The third kappa shape index (κ3) is 2.72. The Balaban J connectivity index is 1.82. The number of rotatable bonds is 4. The number of amides is 1. The first-order valence-electron chi connectivity index (χ1n) is 7.44. The van der Waals surface area contributed by atoms with E-state index in [4.69, 9.17) is 0 Å². The molecule has 22 heavy (non-hydrogen) atoms. The van der Waals surface area contributed by atoms with Crippen molar-refractivity contribution >= 4 is 22.6 Å². The summed E-state index contributed by atoms with van der Waals surface area (Å²) in [4.78, 5) is 18.7. The largest absolute Gasteiger partial charge is 0.334 e. The van der Waals surface area contributed by atoms with Crippen molar-refractivity contribution < 1.29 is 4.79 Å². The molecule has 1 heterocycles. The first-order chi connectivity index (χ1) is 10.7. The number of nitrogens with zero attached hydrogens (tertiary/aromatic N) is 3. The second kappa shape index (κ2) is 6.02. The van der Waals surface area contributed by atoms with Crippen LogP contribution in [-0.4, -0.2) is 22.0 Å². The molecule has 0 fully saturated rings. The molecular formula is C18H19N3O. The van der Waals surface area contributed by atoms with Crippen molar-refractivity contribution in [3.63, 3.8) is 0 Å². The number of hydrogen-bond acceptors (Lipinski definition) is 2. The van der Waals surface area contributed by atoms with E-state index in [0.29, 0.717) is 13.0 Å². The number of fused-ring (bicyclic) bond motifs is 1. The fraction of sp³-hybridized carbons (Fsp3) is 0.222. The van der Waals surface area contributed by atoms with Gasteiger partial charge in [-0.1, -0.05) is 24.3 Å². The van der Waals surface area contributed by atoms with Gasteiger partial charge in [-0.2, -0.15) is 0 Å². The zero-order valence-electron chi connectivity index (χ0n) is 12.9. The minimum atomic E-state index is 0.101. The van der Waals surface area contributed by atoms with Gasteiger partial charge in [0.15, 0.2) is 0 Å². The molecule has 4 heteroatoms. The smallest absolute Gasteiger partial charge is 0.231 e. The van der Waals surface area contributed by atoms with Crippen LogP contribution in [0.1, 0.15) is 12.5 Å².